The number of primary amides is 1. The molecule has 0 spiro atoms. The number of likely N-dealkylation sites (tertiary alicyclic amines) is 1. The number of phenols is 1. The third-order valence-corrected chi connectivity index (χ3v) is 17.9. The summed E-state index contributed by atoms with van der Waals surface area (Å²) in [6.45, 7) is 5.87. The summed E-state index contributed by atoms with van der Waals surface area (Å²) in [5.41, 5.74) is 16.3. The maximum atomic E-state index is 15.0. The summed E-state index contributed by atoms with van der Waals surface area (Å²) < 4.78 is 0. The van der Waals surface area contributed by atoms with Crippen LogP contribution in [0.3, 0.4) is 0 Å². The molecular formula is C70H86N14O16. The largest absolute Gasteiger partial charge is 0.508 e. The van der Waals surface area contributed by atoms with Crippen molar-refractivity contribution in [3.8, 4) is 5.75 Å². The number of carbonyl (C=O) groups excluding carboxylic acids is 10. The van der Waals surface area contributed by atoms with Gasteiger partial charge in [0, 0.05) is 89.9 Å². The van der Waals surface area contributed by atoms with E-state index in [9.17, 15) is 78.0 Å². The van der Waals surface area contributed by atoms with Crippen LogP contribution in [0.4, 0.5) is 0 Å². The molecule has 8 rings (SSSR count). The number of nitrogens with one attached hydrogen (secondary N) is 11. The second-order valence-electron chi connectivity index (χ2n) is 25.3. The summed E-state index contributed by atoms with van der Waals surface area (Å²) in [6.07, 6.45) is 1.55. The number of nitrogens with two attached hydrogens (primary N) is 2. The van der Waals surface area contributed by atoms with Crippen molar-refractivity contribution in [2.24, 2.45) is 17.4 Å². The van der Waals surface area contributed by atoms with Crippen LogP contribution in [-0.4, -0.2) is 184 Å². The summed E-state index contributed by atoms with van der Waals surface area (Å²) in [5.74, 6) is -12.3. The SMILES string of the molecule is CC[C@H](C)[C@H](NC(=O)[C@H](Cc1c[nH]c2ccccc12)NC(=O)[C@@H](NC(=O)[C@H](C)NC(=O)[C@H](CCC(N)=O)NC(=O)[C@H](Cc1c[nH]c2ccccc12)NC(=O)[C@@H](N)Cc1ccc(O)cc1)[C@@H](C)O)C(=O)N1CCC[C@H]1C(=O)N[C@@H](CCC(=O)O)C(=O)N[C@@H](Cc1c[nH]c2ccccc12)C(=O)O. The first kappa shape index (κ1) is 74.6. The summed E-state index contributed by atoms with van der Waals surface area (Å²) >= 11 is 0. The van der Waals surface area contributed by atoms with Gasteiger partial charge in [0.15, 0.2) is 0 Å². The van der Waals surface area contributed by atoms with Crippen LogP contribution in [0.2, 0.25) is 0 Å². The molecule has 4 aromatic carbocycles. The van der Waals surface area contributed by atoms with Crippen molar-refractivity contribution in [3.63, 3.8) is 0 Å². The lowest BCUT2D eigenvalue weighted by Gasteiger charge is -2.33. The zero-order valence-corrected chi connectivity index (χ0v) is 55.7. The van der Waals surface area contributed by atoms with Gasteiger partial charge in [0.25, 0.3) is 0 Å². The highest BCUT2D eigenvalue weighted by Gasteiger charge is 2.42. The van der Waals surface area contributed by atoms with E-state index >= 15 is 0 Å². The van der Waals surface area contributed by atoms with Crippen LogP contribution in [0.25, 0.3) is 32.7 Å². The average Bonchev–Trinajstić information content (AvgIpc) is 1.49. The molecular weight excluding hydrogens is 1290 g/mol. The Morgan fingerprint density at radius 1 is 0.530 bits per heavy atom. The van der Waals surface area contributed by atoms with Crippen LogP contribution < -0.4 is 54.0 Å². The third-order valence-electron chi connectivity index (χ3n) is 17.9. The number of aromatic nitrogens is 3. The molecule has 1 aliphatic rings. The Balaban J connectivity index is 0.960. The monoisotopic (exact) mass is 1380 g/mol. The molecule has 3 aromatic heterocycles. The van der Waals surface area contributed by atoms with Gasteiger partial charge in [-0.3, -0.25) is 52.7 Å². The van der Waals surface area contributed by atoms with E-state index in [2.05, 4.69) is 57.5 Å². The van der Waals surface area contributed by atoms with Crippen molar-refractivity contribution in [1.82, 2.24) is 62.4 Å². The number of hydrogen-bond donors (Lipinski definition) is 17. The number of para-hydroxylation sites is 3. The van der Waals surface area contributed by atoms with Crippen LogP contribution in [0.1, 0.15) is 94.9 Å². The zero-order valence-electron chi connectivity index (χ0n) is 55.7. The van der Waals surface area contributed by atoms with Crippen molar-refractivity contribution in [3.05, 3.63) is 138 Å². The smallest absolute Gasteiger partial charge is 0.326 e. The van der Waals surface area contributed by atoms with Gasteiger partial charge in [0.05, 0.1) is 12.1 Å². The summed E-state index contributed by atoms with van der Waals surface area (Å²) in [5, 5.41) is 63.5. The molecule has 0 saturated carbocycles. The predicted octanol–water partition coefficient (Wildman–Crippen LogP) is 0.965. The zero-order chi connectivity index (χ0) is 72.5. The number of amides is 10. The van der Waals surface area contributed by atoms with Gasteiger partial charge in [-0.05, 0) is 104 Å². The molecule has 532 valence electrons. The number of aromatic amines is 3. The Bertz CT molecular complexity index is 4130. The van der Waals surface area contributed by atoms with E-state index in [1.54, 1.807) is 111 Å². The van der Waals surface area contributed by atoms with E-state index in [1.807, 2.05) is 6.07 Å². The van der Waals surface area contributed by atoms with E-state index in [0.717, 1.165) is 21.8 Å². The standard InChI is InChI=1S/C70H86N14O16/c1-5-36(2)59(69(98)84-28-12-19-56(84)67(96)78-52(25-27-58(88)89)64(93)81-55(70(99)100)32-42-35-75-50-18-11-8-15-46(42)50)82-66(95)54(31-41-34-74-49-17-10-7-14-45(41)49)80-68(97)60(38(4)85)83-61(90)37(3)76-63(92)51(24-26-57(72)87)77-65(94)53(30-40-33-73-48-16-9-6-13-44(40)48)79-62(91)47(71)29-39-20-22-43(86)23-21-39/h6-11,13-18,20-23,33-38,47,51-56,59-60,73-75,85-86H,5,12,19,24-32,71H2,1-4H3,(H2,72,87)(H,76,92)(H,77,94)(H,78,96)(H,79,91)(H,80,97)(H,81,93)(H,82,95)(H,83,90)(H,88,89)(H,99,100)/t36-,37-,38+,47-,51-,52-,53-,54-,55-,56-,59-,60-/m0/s1. The quantitative estimate of drug-likeness (QED) is 0.0263. The van der Waals surface area contributed by atoms with Crippen molar-refractivity contribution in [2.45, 2.75) is 165 Å². The molecule has 30 nitrogen and oxygen atoms in total. The number of fused-ring (bicyclic) bond motifs is 3. The van der Waals surface area contributed by atoms with Crippen LogP contribution in [0, 0.1) is 5.92 Å². The lowest BCUT2D eigenvalue weighted by Crippen LogP contribution is -2.62. The molecule has 0 radical (unpaired) electrons. The van der Waals surface area contributed by atoms with Crippen molar-refractivity contribution >= 4 is 104 Å². The van der Waals surface area contributed by atoms with Crippen molar-refractivity contribution in [1.29, 1.82) is 0 Å². The second-order valence-corrected chi connectivity index (χ2v) is 25.3. The number of carboxylic acids is 2. The summed E-state index contributed by atoms with van der Waals surface area (Å²) in [4.78, 5) is 176. The number of hydrogen-bond acceptors (Lipinski definition) is 15. The van der Waals surface area contributed by atoms with Gasteiger partial charge in [0.2, 0.25) is 59.1 Å². The van der Waals surface area contributed by atoms with Crippen molar-refractivity contribution < 1.29 is 78.0 Å². The Kier molecular flexibility index (Phi) is 25.7. The van der Waals surface area contributed by atoms with Gasteiger partial charge in [-0.1, -0.05) is 87.0 Å². The lowest BCUT2D eigenvalue weighted by atomic mass is 9.96. The highest BCUT2D eigenvalue weighted by Crippen LogP contribution is 2.26. The van der Waals surface area contributed by atoms with Gasteiger partial charge in [-0.25, -0.2) is 4.79 Å². The van der Waals surface area contributed by atoms with Crippen LogP contribution >= 0.6 is 0 Å². The van der Waals surface area contributed by atoms with Crippen LogP contribution in [0.5, 0.6) is 5.75 Å². The molecule has 12 atom stereocenters. The first-order valence-corrected chi connectivity index (χ1v) is 33.0. The molecule has 10 amide bonds. The molecule has 1 fully saturated rings. The first-order chi connectivity index (χ1) is 47.7. The molecule has 7 aromatic rings. The fourth-order valence-electron chi connectivity index (χ4n) is 12.1. The average molecular weight is 1380 g/mol. The van der Waals surface area contributed by atoms with Gasteiger partial charge in [-0.15, -0.1) is 0 Å². The van der Waals surface area contributed by atoms with E-state index in [4.69, 9.17) is 11.5 Å². The molecule has 4 heterocycles. The first-order valence-electron chi connectivity index (χ1n) is 33.0. The van der Waals surface area contributed by atoms with Gasteiger partial charge in [0.1, 0.15) is 60.1 Å². The van der Waals surface area contributed by atoms with Crippen molar-refractivity contribution in [2.75, 3.05) is 6.54 Å². The minimum atomic E-state index is -1.82. The Morgan fingerprint density at radius 3 is 1.49 bits per heavy atom. The minimum absolute atomic E-state index is 0.000163. The number of carbonyl (C=O) groups is 12. The predicted molar refractivity (Wildman–Crippen MR) is 366 cm³/mol. The van der Waals surface area contributed by atoms with Crippen LogP contribution in [-0.2, 0) is 83.2 Å². The molecule has 30 heteroatoms. The van der Waals surface area contributed by atoms with E-state index < -0.39 is 163 Å². The molecule has 100 heavy (non-hydrogen) atoms. The van der Waals surface area contributed by atoms with E-state index in [-0.39, 0.29) is 50.8 Å². The maximum absolute atomic E-state index is 15.0. The molecule has 0 bridgehead atoms. The number of aliphatic hydroxyl groups is 1. The molecule has 1 saturated heterocycles. The second kappa shape index (κ2) is 34.4. The Hall–Kier alpha value is -11.1. The number of carboxylic acid groups (broad SMARTS) is 2. The Morgan fingerprint density at radius 2 is 0.980 bits per heavy atom. The highest BCUT2D eigenvalue weighted by atomic mass is 16.4. The normalized spacial score (nSPS) is 16.2. The molecule has 0 aliphatic carbocycles. The number of aromatic hydroxyl groups is 1. The lowest BCUT2D eigenvalue weighted by molar-refractivity contribution is -0.144. The maximum Gasteiger partial charge on any atom is 0.326 e. The van der Waals surface area contributed by atoms with E-state index in [0.29, 0.717) is 46.0 Å². The fraction of sp³-hybridized carbons (Fsp3) is 0.400. The topological polar surface area (TPSA) is 485 Å². The van der Waals surface area contributed by atoms with E-state index in [1.165, 1.54) is 30.9 Å². The van der Waals surface area contributed by atoms with Gasteiger partial charge < -0.3 is 94.3 Å². The summed E-state index contributed by atoms with van der Waals surface area (Å²) in [7, 11) is 0. The number of H-pyrrole nitrogens is 3. The van der Waals surface area contributed by atoms with Gasteiger partial charge in [-0.2, -0.15) is 0 Å². The number of nitrogens with zero attached hydrogens (tertiary/aromatic N) is 1. The van der Waals surface area contributed by atoms with Gasteiger partial charge >= 0.3 is 11.9 Å². The number of aliphatic hydroxyl groups excluding tert-OH is 1. The highest BCUT2D eigenvalue weighted by molar-refractivity contribution is 6.00. The molecule has 0 unspecified atom stereocenters. The number of phenolic OH excluding ortho intramolecular Hbond substituents is 1. The molecule has 19 N–H and O–H groups in total. The Labute approximate surface area is 574 Å². The summed E-state index contributed by atoms with van der Waals surface area (Å²) in [6, 6.07) is 12.7. The number of rotatable bonds is 35. The number of benzene rings is 4. The third kappa shape index (κ3) is 19.6. The molecule has 1 aliphatic heterocycles. The fourth-order valence-corrected chi connectivity index (χ4v) is 12.1. The van der Waals surface area contributed by atoms with Crippen LogP contribution in [0.15, 0.2) is 116 Å². The minimum Gasteiger partial charge on any atom is -0.508 e. The number of aliphatic carboxylic acids is 2.